The molecule has 0 aliphatic rings. The van der Waals surface area contributed by atoms with Crippen LogP contribution in [0.15, 0.2) is 18.2 Å². The van der Waals surface area contributed by atoms with Crippen LogP contribution < -0.4 is 0 Å². The van der Waals surface area contributed by atoms with Crippen LogP contribution in [0.5, 0.6) is 0 Å². The van der Waals surface area contributed by atoms with Crippen LogP contribution >= 0.6 is 23.2 Å². The molecule has 0 unspecified atom stereocenters. The summed E-state index contributed by atoms with van der Waals surface area (Å²) in [4.78, 5) is 21.7. The highest BCUT2D eigenvalue weighted by Crippen LogP contribution is 2.21. The Morgan fingerprint density at radius 2 is 1.93 bits per heavy atom. The summed E-state index contributed by atoms with van der Waals surface area (Å²) in [5.41, 5.74) is 0.117. The number of halogens is 2. The van der Waals surface area contributed by atoms with Crippen LogP contribution in [0.25, 0.3) is 0 Å². The van der Waals surface area contributed by atoms with Crippen LogP contribution in [0.3, 0.4) is 0 Å². The van der Waals surface area contributed by atoms with E-state index in [2.05, 4.69) is 4.74 Å². The van der Waals surface area contributed by atoms with Gasteiger partial charge in [0.1, 0.15) is 0 Å². The maximum absolute atomic E-state index is 11.2. The number of hydrogen-bond acceptors (Lipinski definition) is 3. The highest BCUT2D eigenvalue weighted by molar-refractivity contribution is 6.36. The molecule has 0 aliphatic carbocycles. The maximum atomic E-state index is 11.2. The summed E-state index contributed by atoms with van der Waals surface area (Å²) in [6, 6.07) is 4.29. The van der Waals surface area contributed by atoms with Crippen LogP contribution in [0.2, 0.25) is 10.0 Å². The van der Waals surface area contributed by atoms with Crippen LogP contribution in [0, 0.1) is 0 Å². The summed E-state index contributed by atoms with van der Waals surface area (Å²) in [6.07, 6.45) is 0. The van der Waals surface area contributed by atoms with E-state index < -0.39 is 11.9 Å². The largest absolute Gasteiger partial charge is 0.390 e. The molecule has 0 spiro atoms. The van der Waals surface area contributed by atoms with E-state index in [1.165, 1.54) is 18.2 Å². The van der Waals surface area contributed by atoms with Gasteiger partial charge in [-0.2, -0.15) is 0 Å². The summed E-state index contributed by atoms with van der Waals surface area (Å²) < 4.78 is 4.35. The zero-order valence-corrected chi connectivity index (χ0v) is 8.72. The molecule has 74 valence electrons. The first-order valence-electron chi connectivity index (χ1n) is 3.68. The summed E-state index contributed by atoms with van der Waals surface area (Å²) in [5.74, 6) is -1.46. The van der Waals surface area contributed by atoms with E-state index in [1.807, 2.05) is 0 Å². The standard InChI is InChI=1S/C9H6Cl2O3/c1-5(12)14-9(13)7-3-2-6(10)4-8(7)11/h2-4H,1H3. The third-order valence-electron chi connectivity index (χ3n) is 1.39. The Morgan fingerprint density at radius 1 is 1.29 bits per heavy atom. The first-order chi connectivity index (χ1) is 6.50. The van der Waals surface area contributed by atoms with E-state index >= 15 is 0 Å². The topological polar surface area (TPSA) is 43.4 Å². The molecule has 1 rings (SSSR count). The first kappa shape index (κ1) is 11.0. The molecule has 1 aromatic rings. The predicted octanol–water partition coefficient (Wildman–Crippen LogP) is 2.70. The molecule has 1 aromatic carbocycles. The molecular weight excluding hydrogens is 227 g/mol. The van der Waals surface area contributed by atoms with E-state index in [9.17, 15) is 9.59 Å². The van der Waals surface area contributed by atoms with Crippen molar-refractivity contribution in [3.8, 4) is 0 Å². The van der Waals surface area contributed by atoms with Crippen molar-refractivity contribution in [3.05, 3.63) is 33.8 Å². The molecule has 0 heterocycles. The van der Waals surface area contributed by atoms with E-state index in [4.69, 9.17) is 23.2 Å². The Bertz CT molecular complexity index is 388. The van der Waals surface area contributed by atoms with Gasteiger partial charge in [0.25, 0.3) is 0 Å². The van der Waals surface area contributed by atoms with Gasteiger partial charge in [-0.25, -0.2) is 4.79 Å². The van der Waals surface area contributed by atoms with Crippen molar-refractivity contribution in [2.75, 3.05) is 0 Å². The Balaban J connectivity index is 2.96. The van der Waals surface area contributed by atoms with Crippen molar-refractivity contribution in [3.63, 3.8) is 0 Å². The fourth-order valence-electron chi connectivity index (χ4n) is 0.841. The third-order valence-corrected chi connectivity index (χ3v) is 1.94. The lowest BCUT2D eigenvalue weighted by Crippen LogP contribution is -2.09. The van der Waals surface area contributed by atoms with E-state index in [0.29, 0.717) is 5.02 Å². The average Bonchev–Trinajstić information content (AvgIpc) is 2.01. The Morgan fingerprint density at radius 3 is 2.43 bits per heavy atom. The van der Waals surface area contributed by atoms with Gasteiger partial charge < -0.3 is 4.74 Å². The minimum Gasteiger partial charge on any atom is -0.390 e. The van der Waals surface area contributed by atoms with Crippen molar-refractivity contribution in [2.24, 2.45) is 0 Å². The van der Waals surface area contributed by atoms with E-state index in [-0.39, 0.29) is 10.6 Å². The zero-order valence-electron chi connectivity index (χ0n) is 7.21. The van der Waals surface area contributed by atoms with E-state index in [0.717, 1.165) is 6.92 Å². The quantitative estimate of drug-likeness (QED) is 0.553. The second-order valence-corrected chi connectivity index (χ2v) is 3.35. The SMILES string of the molecule is CC(=O)OC(=O)c1ccc(Cl)cc1Cl. The molecule has 0 radical (unpaired) electrons. The fourth-order valence-corrected chi connectivity index (χ4v) is 1.33. The number of carbonyl (C=O) groups excluding carboxylic acids is 2. The van der Waals surface area contributed by atoms with Crippen LogP contribution in [-0.2, 0) is 9.53 Å². The molecule has 0 amide bonds. The molecule has 0 saturated heterocycles. The molecule has 0 aromatic heterocycles. The van der Waals surface area contributed by atoms with Crippen molar-refractivity contribution < 1.29 is 14.3 Å². The Labute approximate surface area is 90.6 Å². The molecule has 0 aliphatic heterocycles. The lowest BCUT2D eigenvalue weighted by Gasteiger charge is -2.02. The van der Waals surface area contributed by atoms with Gasteiger partial charge in [0.05, 0.1) is 10.6 Å². The molecule has 0 atom stereocenters. The normalized spacial score (nSPS) is 9.64. The lowest BCUT2D eigenvalue weighted by molar-refractivity contribution is -0.135. The molecule has 5 heteroatoms. The minimum absolute atomic E-state index is 0.117. The molecule has 0 saturated carbocycles. The van der Waals surface area contributed by atoms with Gasteiger partial charge in [0.15, 0.2) is 0 Å². The second-order valence-electron chi connectivity index (χ2n) is 2.51. The second kappa shape index (κ2) is 4.44. The monoisotopic (exact) mass is 232 g/mol. The van der Waals surface area contributed by atoms with Gasteiger partial charge in [-0.3, -0.25) is 4.79 Å². The number of carbonyl (C=O) groups is 2. The molecular formula is C9H6Cl2O3. The van der Waals surface area contributed by atoms with E-state index in [1.54, 1.807) is 0 Å². The van der Waals surface area contributed by atoms with Gasteiger partial charge in [0, 0.05) is 11.9 Å². The van der Waals surface area contributed by atoms with Gasteiger partial charge in [0.2, 0.25) is 0 Å². The molecule has 0 fully saturated rings. The van der Waals surface area contributed by atoms with Crippen LogP contribution in [0.1, 0.15) is 17.3 Å². The van der Waals surface area contributed by atoms with Crippen molar-refractivity contribution in [1.82, 2.24) is 0 Å². The number of esters is 2. The highest BCUT2D eigenvalue weighted by atomic mass is 35.5. The average molecular weight is 233 g/mol. The number of hydrogen-bond donors (Lipinski definition) is 0. The highest BCUT2D eigenvalue weighted by Gasteiger charge is 2.13. The Kier molecular flexibility index (Phi) is 3.49. The zero-order chi connectivity index (χ0) is 10.7. The molecule has 0 bridgehead atoms. The molecule has 0 N–H and O–H groups in total. The molecule has 3 nitrogen and oxygen atoms in total. The number of ether oxygens (including phenoxy) is 1. The summed E-state index contributed by atoms with van der Waals surface area (Å²) in [5, 5.41) is 0.568. The predicted molar refractivity (Wildman–Crippen MR) is 52.6 cm³/mol. The lowest BCUT2D eigenvalue weighted by atomic mass is 10.2. The third kappa shape index (κ3) is 2.72. The minimum atomic E-state index is -0.779. The van der Waals surface area contributed by atoms with Crippen molar-refractivity contribution >= 4 is 35.1 Å². The smallest absolute Gasteiger partial charge is 0.347 e. The first-order valence-corrected chi connectivity index (χ1v) is 4.44. The van der Waals surface area contributed by atoms with Crippen molar-refractivity contribution in [1.29, 1.82) is 0 Å². The summed E-state index contributed by atoms with van der Waals surface area (Å²) in [6.45, 7) is 1.14. The van der Waals surface area contributed by atoms with Crippen molar-refractivity contribution in [2.45, 2.75) is 6.92 Å². The Hall–Kier alpha value is -1.06. The summed E-state index contributed by atoms with van der Waals surface area (Å²) >= 11 is 11.3. The van der Waals surface area contributed by atoms with Gasteiger partial charge in [-0.1, -0.05) is 23.2 Å². The van der Waals surface area contributed by atoms with Gasteiger partial charge >= 0.3 is 11.9 Å². The number of rotatable bonds is 1. The number of benzene rings is 1. The van der Waals surface area contributed by atoms with Crippen LogP contribution in [-0.4, -0.2) is 11.9 Å². The summed E-state index contributed by atoms with van der Waals surface area (Å²) in [7, 11) is 0. The molecule has 14 heavy (non-hydrogen) atoms. The van der Waals surface area contributed by atoms with Gasteiger partial charge in [-0.05, 0) is 18.2 Å². The van der Waals surface area contributed by atoms with Gasteiger partial charge in [-0.15, -0.1) is 0 Å². The van der Waals surface area contributed by atoms with Crippen LogP contribution in [0.4, 0.5) is 0 Å². The maximum Gasteiger partial charge on any atom is 0.347 e. The fraction of sp³-hybridized carbons (Fsp3) is 0.111.